The minimum Gasteiger partial charge on any atom is -0.163 e. The standard InChI is InChI=1S/C11H11.Zr/c1-2-6-10(5-1)9-11-7-3-4-8-11;/h1-5,7,9H,6,8H2;/q-1;+2. The van der Waals surface area contributed by atoms with Gasteiger partial charge in [0.15, 0.2) is 0 Å². The summed E-state index contributed by atoms with van der Waals surface area (Å²) in [5.41, 5.74) is 2.86. The van der Waals surface area contributed by atoms with Crippen LogP contribution in [0.2, 0.25) is 0 Å². The van der Waals surface area contributed by atoms with E-state index in [1.165, 1.54) is 11.1 Å². The molecule has 2 aliphatic rings. The second kappa shape index (κ2) is 4.67. The van der Waals surface area contributed by atoms with Crippen molar-refractivity contribution in [3.8, 4) is 0 Å². The molecule has 0 saturated carbocycles. The average Bonchev–Trinajstić information content (AvgIpc) is 2.60. The van der Waals surface area contributed by atoms with Gasteiger partial charge in [0.05, 0.1) is 0 Å². The van der Waals surface area contributed by atoms with Gasteiger partial charge in [-0.15, -0.1) is 12.2 Å². The van der Waals surface area contributed by atoms with Crippen molar-refractivity contribution in [2.45, 2.75) is 12.8 Å². The zero-order valence-corrected chi connectivity index (χ0v) is 9.41. The number of rotatable bonds is 2. The van der Waals surface area contributed by atoms with E-state index >= 15 is 0 Å². The van der Waals surface area contributed by atoms with Gasteiger partial charge in [-0.25, -0.2) is 0 Å². The first-order valence-electron chi connectivity index (χ1n) is 4.01. The molecular formula is C11H11Zr+. The fourth-order valence-electron chi connectivity index (χ4n) is 1.38. The van der Waals surface area contributed by atoms with E-state index in [1.54, 1.807) is 0 Å². The van der Waals surface area contributed by atoms with Crippen molar-refractivity contribution in [1.82, 2.24) is 0 Å². The van der Waals surface area contributed by atoms with Crippen molar-refractivity contribution in [1.29, 1.82) is 0 Å². The molecule has 0 bridgehead atoms. The molecule has 1 heteroatoms. The van der Waals surface area contributed by atoms with Crippen LogP contribution in [0.25, 0.3) is 0 Å². The second-order valence-electron chi connectivity index (χ2n) is 2.89. The minimum atomic E-state index is 0. The Morgan fingerprint density at radius 3 is 1.75 bits per heavy atom. The Bertz CT molecular complexity index is 239. The van der Waals surface area contributed by atoms with Crippen LogP contribution in [-0.2, 0) is 26.2 Å². The Hall–Kier alpha value is -0.287. The van der Waals surface area contributed by atoms with Crippen LogP contribution in [0.15, 0.2) is 47.6 Å². The summed E-state index contributed by atoms with van der Waals surface area (Å²) in [6.07, 6.45) is 17.5. The van der Waals surface area contributed by atoms with Crippen LogP contribution >= 0.6 is 0 Å². The van der Waals surface area contributed by atoms with Crippen molar-refractivity contribution in [3.63, 3.8) is 0 Å². The molecule has 2 rings (SSSR count). The first-order chi connectivity index (χ1) is 5.45. The van der Waals surface area contributed by atoms with Gasteiger partial charge < -0.3 is 0 Å². The number of hydrogen-bond donors (Lipinski definition) is 0. The van der Waals surface area contributed by atoms with Crippen LogP contribution in [0.1, 0.15) is 12.8 Å². The van der Waals surface area contributed by atoms with E-state index in [0.717, 1.165) is 12.8 Å². The summed E-state index contributed by atoms with van der Waals surface area (Å²) < 4.78 is 0. The molecule has 0 fully saturated rings. The van der Waals surface area contributed by atoms with Crippen molar-refractivity contribution >= 4 is 0 Å². The second-order valence-corrected chi connectivity index (χ2v) is 2.89. The van der Waals surface area contributed by atoms with Gasteiger partial charge in [0.1, 0.15) is 0 Å². The molecule has 12 heavy (non-hydrogen) atoms. The largest absolute Gasteiger partial charge is 2.00 e. The molecule has 0 amide bonds. The summed E-state index contributed by atoms with van der Waals surface area (Å²) in [5.74, 6) is 0. The monoisotopic (exact) mass is 233 g/mol. The minimum absolute atomic E-state index is 0. The summed E-state index contributed by atoms with van der Waals surface area (Å²) in [4.78, 5) is 0. The quantitative estimate of drug-likeness (QED) is 0.645. The molecule has 0 unspecified atom stereocenters. The third kappa shape index (κ3) is 2.35. The van der Waals surface area contributed by atoms with Gasteiger partial charge >= 0.3 is 26.2 Å². The van der Waals surface area contributed by atoms with Crippen LogP contribution in [0, 0.1) is 6.42 Å². The molecule has 0 aromatic heterocycles. The molecular weight excluding hydrogens is 223 g/mol. The SMILES string of the molecule is C1=CCC([CH-]C2=CC=CC2)=C1.[Zr+2]. The molecule has 0 atom stereocenters. The first kappa shape index (κ1) is 9.80. The molecule has 0 spiro atoms. The van der Waals surface area contributed by atoms with Gasteiger partial charge in [-0.1, -0.05) is 12.2 Å². The van der Waals surface area contributed by atoms with E-state index in [0.29, 0.717) is 0 Å². The molecule has 0 nitrogen and oxygen atoms in total. The van der Waals surface area contributed by atoms with Crippen LogP contribution in [0.4, 0.5) is 0 Å². The fraction of sp³-hybridized carbons (Fsp3) is 0.182. The normalized spacial score (nSPS) is 18.7. The van der Waals surface area contributed by atoms with E-state index in [-0.39, 0.29) is 26.2 Å². The molecule has 0 N–H and O–H groups in total. The Morgan fingerprint density at radius 1 is 0.917 bits per heavy atom. The zero-order chi connectivity index (χ0) is 7.52. The van der Waals surface area contributed by atoms with Crippen LogP contribution < -0.4 is 0 Å². The summed E-state index contributed by atoms with van der Waals surface area (Å²) in [7, 11) is 0. The molecule has 0 heterocycles. The van der Waals surface area contributed by atoms with Gasteiger partial charge in [-0.3, -0.25) is 0 Å². The van der Waals surface area contributed by atoms with Gasteiger partial charge in [0, 0.05) is 0 Å². The number of allylic oxidation sites excluding steroid dienone is 8. The molecule has 2 aliphatic carbocycles. The third-order valence-electron chi connectivity index (χ3n) is 1.97. The molecule has 0 radical (unpaired) electrons. The van der Waals surface area contributed by atoms with Crippen LogP contribution in [-0.4, -0.2) is 0 Å². The van der Waals surface area contributed by atoms with Gasteiger partial charge in [-0.2, -0.15) is 29.7 Å². The summed E-state index contributed by atoms with van der Waals surface area (Å²) >= 11 is 0. The third-order valence-corrected chi connectivity index (χ3v) is 1.97. The molecule has 0 aromatic carbocycles. The molecule has 0 aliphatic heterocycles. The molecule has 0 saturated heterocycles. The Balaban J connectivity index is 0.000000720. The summed E-state index contributed by atoms with van der Waals surface area (Å²) in [6.45, 7) is 0. The number of hydrogen-bond acceptors (Lipinski definition) is 0. The first-order valence-corrected chi connectivity index (χ1v) is 4.01. The Kier molecular flexibility index (Phi) is 3.81. The zero-order valence-electron chi connectivity index (χ0n) is 6.96. The topological polar surface area (TPSA) is 0 Å². The molecule has 0 aromatic rings. The smallest absolute Gasteiger partial charge is 0.163 e. The van der Waals surface area contributed by atoms with E-state index in [9.17, 15) is 0 Å². The van der Waals surface area contributed by atoms with Crippen molar-refractivity contribution < 1.29 is 26.2 Å². The van der Waals surface area contributed by atoms with Crippen LogP contribution in [0.5, 0.6) is 0 Å². The average molecular weight is 234 g/mol. The van der Waals surface area contributed by atoms with E-state index in [2.05, 4.69) is 42.9 Å². The summed E-state index contributed by atoms with van der Waals surface area (Å²) in [5, 5.41) is 0. The maximum atomic E-state index is 2.28. The maximum absolute atomic E-state index is 2.28. The van der Waals surface area contributed by atoms with Gasteiger partial charge in [-0.05, 0) is 12.8 Å². The van der Waals surface area contributed by atoms with Crippen LogP contribution in [0.3, 0.4) is 0 Å². The predicted molar refractivity (Wildman–Crippen MR) is 48.0 cm³/mol. The van der Waals surface area contributed by atoms with Gasteiger partial charge in [0.25, 0.3) is 0 Å². The van der Waals surface area contributed by atoms with E-state index in [1.807, 2.05) is 0 Å². The maximum Gasteiger partial charge on any atom is 2.00 e. The van der Waals surface area contributed by atoms with E-state index in [4.69, 9.17) is 0 Å². The Labute approximate surface area is 92.9 Å². The Morgan fingerprint density at radius 2 is 1.42 bits per heavy atom. The van der Waals surface area contributed by atoms with Crippen molar-refractivity contribution in [2.75, 3.05) is 0 Å². The van der Waals surface area contributed by atoms with Gasteiger partial charge in [0.2, 0.25) is 0 Å². The predicted octanol–water partition coefficient (Wildman–Crippen LogP) is 2.96. The fourth-order valence-corrected chi connectivity index (χ4v) is 1.38. The van der Waals surface area contributed by atoms with Crippen molar-refractivity contribution in [2.24, 2.45) is 0 Å². The molecule has 58 valence electrons. The van der Waals surface area contributed by atoms with E-state index < -0.39 is 0 Å². The summed E-state index contributed by atoms with van der Waals surface area (Å²) in [6, 6.07) is 0. The van der Waals surface area contributed by atoms with Crippen molar-refractivity contribution in [3.05, 3.63) is 54.0 Å².